The lowest BCUT2D eigenvalue weighted by molar-refractivity contribution is -0.131. The van der Waals surface area contributed by atoms with Gasteiger partial charge in [-0.2, -0.15) is 0 Å². The molecule has 1 heterocycles. The Morgan fingerprint density at radius 2 is 1.79 bits per heavy atom. The predicted molar refractivity (Wildman–Crippen MR) is 118 cm³/mol. The summed E-state index contributed by atoms with van der Waals surface area (Å²) in [6, 6.07) is 10.5. The van der Waals surface area contributed by atoms with Crippen LogP contribution in [0.2, 0.25) is 10.0 Å². The molecule has 1 N–H and O–H groups in total. The van der Waals surface area contributed by atoms with Crippen molar-refractivity contribution >= 4 is 62.3 Å². The molecule has 8 heteroatoms. The van der Waals surface area contributed by atoms with Crippen LogP contribution < -0.4 is 10.2 Å². The molecular weight excluding hydrogens is 465 g/mol. The van der Waals surface area contributed by atoms with E-state index in [1.165, 1.54) is 0 Å². The topological polar surface area (TPSA) is 52.7 Å². The van der Waals surface area contributed by atoms with Crippen LogP contribution in [0.5, 0.6) is 0 Å². The minimum absolute atomic E-state index is 0.161. The summed E-state index contributed by atoms with van der Waals surface area (Å²) in [6.07, 6.45) is 0.510. The second-order valence-electron chi connectivity index (χ2n) is 6.46. The number of piperazine rings is 1. The molecule has 0 saturated carbocycles. The maximum absolute atomic E-state index is 12.8. The van der Waals surface area contributed by atoms with Crippen LogP contribution in [0.4, 0.5) is 11.4 Å². The highest BCUT2D eigenvalue weighted by Crippen LogP contribution is 2.31. The Labute approximate surface area is 182 Å². The smallest absolute Gasteiger partial charge is 0.257 e. The number of anilines is 2. The summed E-state index contributed by atoms with van der Waals surface area (Å²) >= 11 is 15.7. The molecule has 1 aliphatic rings. The lowest BCUT2D eigenvalue weighted by atomic mass is 10.1. The molecule has 2 amide bonds. The van der Waals surface area contributed by atoms with Crippen molar-refractivity contribution in [3.8, 4) is 0 Å². The van der Waals surface area contributed by atoms with Crippen molar-refractivity contribution in [3.05, 3.63) is 56.5 Å². The second-order valence-corrected chi connectivity index (χ2v) is 8.22. The Hall–Kier alpha value is -1.76. The summed E-state index contributed by atoms with van der Waals surface area (Å²) in [6.45, 7) is 4.55. The monoisotopic (exact) mass is 483 g/mol. The van der Waals surface area contributed by atoms with Gasteiger partial charge in [-0.1, -0.05) is 46.1 Å². The van der Waals surface area contributed by atoms with Crippen LogP contribution in [-0.4, -0.2) is 42.9 Å². The summed E-state index contributed by atoms with van der Waals surface area (Å²) in [5.74, 6) is -0.150. The second kappa shape index (κ2) is 9.16. The maximum Gasteiger partial charge on any atom is 0.257 e. The molecule has 0 spiro atoms. The van der Waals surface area contributed by atoms with Crippen LogP contribution >= 0.6 is 39.1 Å². The minimum atomic E-state index is -0.311. The molecule has 5 nitrogen and oxygen atoms in total. The number of rotatable bonds is 4. The van der Waals surface area contributed by atoms with E-state index in [2.05, 4.69) is 26.1 Å². The molecule has 1 aliphatic heterocycles. The molecule has 2 aromatic rings. The number of carbonyl (C=O) groups excluding carboxylic acids is 2. The Morgan fingerprint density at radius 1 is 1.07 bits per heavy atom. The summed E-state index contributed by atoms with van der Waals surface area (Å²) < 4.78 is 0.769. The standard InChI is InChI=1S/C20H20BrCl2N3O2/c1-2-19(27)26-9-7-25(8-10-26)18-6-4-14(22)12-17(18)24-20(28)15-11-13(21)3-5-16(15)23/h3-6,11-12H,2,7-10H2,1H3,(H,24,28). The number of amides is 2. The van der Waals surface area contributed by atoms with Gasteiger partial charge in [-0.05, 0) is 36.4 Å². The van der Waals surface area contributed by atoms with E-state index in [0.717, 1.165) is 10.2 Å². The lowest BCUT2D eigenvalue weighted by Gasteiger charge is -2.37. The third-order valence-electron chi connectivity index (χ3n) is 4.66. The Morgan fingerprint density at radius 3 is 2.46 bits per heavy atom. The van der Waals surface area contributed by atoms with Gasteiger partial charge in [0.05, 0.1) is 22.0 Å². The molecule has 0 atom stereocenters. The number of halogens is 3. The van der Waals surface area contributed by atoms with Crippen LogP contribution in [0.15, 0.2) is 40.9 Å². The summed E-state index contributed by atoms with van der Waals surface area (Å²) in [4.78, 5) is 28.7. The zero-order valence-corrected chi connectivity index (χ0v) is 18.4. The Kier molecular flexibility index (Phi) is 6.86. The van der Waals surface area contributed by atoms with Gasteiger partial charge in [0.15, 0.2) is 0 Å². The summed E-state index contributed by atoms with van der Waals surface area (Å²) in [7, 11) is 0. The van der Waals surface area contributed by atoms with Gasteiger partial charge in [0.1, 0.15) is 0 Å². The van der Waals surface area contributed by atoms with E-state index in [1.54, 1.807) is 30.3 Å². The van der Waals surface area contributed by atoms with E-state index >= 15 is 0 Å². The largest absolute Gasteiger partial charge is 0.366 e. The average Bonchev–Trinajstić information content (AvgIpc) is 2.69. The van der Waals surface area contributed by atoms with E-state index in [1.807, 2.05) is 17.9 Å². The van der Waals surface area contributed by atoms with Gasteiger partial charge in [0, 0.05) is 42.1 Å². The first-order chi connectivity index (χ1) is 13.4. The summed E-state index contributed by atoms with van der Waals surface area (Å²) in [5.41, 5.74) is 1.86. The van der Waals surface area contributed by atoms with Gasteiger partial charge in [-0.15, -0.1) is 0 Å². The fourth-order valence-electron chi connectivity index (χ4n) is 3.17. The quantitative estimate of drug-likeness (QED) is 0.659. The molecule has 1 fully saturated rings. The van der Waals surface area contributed by atoms with Crippen LogP contribution in [0.3, 0.4) is 0 Å². The molecular formula is C20H20BrCl2N3O2. The number of carbonyl (C=O) groups is 2. The van der Waals surface area contributed by atoms with E-state index in [9.17, 15) is 9.59 Å². The Bertz CT molecular complexity index is 899. The highest BCUT2D eigenvalue weighted by atomic mass is 79.9. The van der Waals surface area contributed by atoms with Crippen molar-refractivity contribution in [1.29, 1.82) is 0 Å². The van der Waals surface area contributed by atoms with Crippen molar-refractivity contribution in [2.45, 2.75) is 13.3 Å². The van der Waals surface area contributed by atoms with Gasteiger partial charge in [-0.25, -0.2) is 0 Å². The first-order valence-electron chi connectivity index (χ1n) is 8.97. The molecule has 3 rings (SSSR count). The van der Waals surface area contributed by atoms with Gasteiger partial charge in [0.2, 0.25) is 5.91 Å². The number of nitrogens with one attached hydrogen (secondary N) is 1. The van der Waals surface area contributed by atoms with E-state index in [0.29, 0.717) is 53.9 Å². The molecule has 148 valence electrons. The SMILES string of the molecule is CCC(=O)N1CCN(c2ccc(Cl)cc2NC(=O)c2cc(Br)ccc2Cl)CC1. The fourth-order valence-corrected chi connectivity index (χ4v) is 3.90. The first kappa shape index (κ1) is 21.0. The number of hydrogen-bond acceptors (Lipinski definition) is 3. The normalized spacial score (nSPS) is 14.1. The molecule has 0 unspecified atom stereocenters. The highest BCUT2D eigenvalue weighted by molar-refractivity contribution is 9.10. The lowest BCUT2D eigenvalue weighted by Crippen LogP contribution is -2.48. The molecule has 2 aromatic carbocycles. The van der Waals surface area contributed by atoms with Crippen molar-refractivity contribution < 1.29 is 9.59 Å². The van der Waals surface area contributed by atoms with Gasteiger partial charge >= 0.3 is 0 Å². The van der Waals surface area contributed by atoms with Crippen molar-refractivity contribution in [3.63, 3.8) is 0 Å². The molecule has 1 saturated heterocycles. The fraction of sp³-hybridized carbons (Fsp3) is 0.300. The van der Waals surface area contributed by atoms with E-state index < -0.39 is 0 Å². The highest BCUT2D eigenvalue weighted by Gasteiger charge is 2.23. The number of nitrogens with zero attached hydrogens (tertiary/aromatic N) is 2. The molecule has 0 bridgehead atoms. The average molecular weight is 485 g/mol. The van der Waals surface area contributed by atoms with Gasteiger partial charge in [0.25, 0.3) is 5.91 Å². The number of benzene rings is 2. The predicted octanol–water partition coefficient (Wildman–Crippen LogP) is 5.07. The van der Waals surface area contributed by atoms with Crippen LogP contribution in [0.1, 0.15) is 23.7 Å². The third-order valence-corrected chi connectivity index (χ3v) is 5.71. The van der Waals surface area contributed by atoms with Crippen LogP contribution in [-0.2, 0) is 4.79 Å². The molecule has 0 aromatic heterocycles. The summed E-state index contributed by atoms with van der Waals surface area (Å²) in [5, 5.41) is 3.83. The van der Waals surface area contributed by atoms with E-state index in [4.69, 9.17) is 23.2 Å². The van der Waals surface area contributed by atoms with Gasteiger partial charge < -0.3 is 15.1 Å². The number of hydrogen-bond donors (Lipinski definition) is 1. The third kappa shape index (κ3) is 4.80. The maximum atomic E-state index is 12.8. The zero-order chi connectivity index (χ0) is 20.3. The van der Waals surface area contributed by atoms with Gasteiger partial charge in [-0.3, -0.25) is 9.59 Å². The van der Waals surface area contributed by atoms with E-state index in [-0.39, 0.29) is 11.8 Å². The molecule has 28 heavy (non-hydrogen) atoms. The Balaban J connectivity index is 1.81. The van der Waals surface area contributed by atoms with Crippen molar-refractivity contribution in [2.75, 3.05) is 36.4 Å². The van der Waals surface area contributed by atoms with Crippen molar-refractivity contribution in [1.82, 2.24) is 4.90 Å². The van der Waals surface area contributed by atoms with Crippen LogP contribution in [0, 0.1) is 0 Å². The molecule has 0 aliphatic carbocycles. The first-order valence-corrected chi connectivity index (χ1v) is 10.5. The van der Waals surface area contributed by atoms with Crippen molar-refractivity contribution in [2.24, 2.45) is 0 Å². The molecule has 0 radical (unpaired) electrons. The zero-order valence-electron chi connectivity index (χ0n) is 15.3. The minimum Gasteiger partial charge on any atom is -0.366 e. The van der Waals surface area contributed by atoms with Crippen LogP contribution in [0.25, 0.3) is 0 Å².